The number of sulfone groups is 1. The van der Waals surface area contributed by atoms with E-state index in [1.54, 1.807) is 60.7 Å². The second-order valence-electron chi connectivity index (χ2n) is 5.68. The predicted octanol–water partition coefficient (Wildman–Crippen LogP) is 4.36. The van der Waals surface area contributed by atoms with Crippen molar-refractivity contribution in [3.63, 3.8) is 0 Å². The number of benzene rings is 3. The number of rotatable bonds is 2. The van der Waals surface area contributed by atoms with Crippen LogP contribution in [0.3, 0.4) is 0 Å². The van der Waals surface area contributed by atoms with Crippen molar-refractivity contribution < 1.29 is 18.3 Å². The number of aliphatic hydroxyl groups is 1. The van der Waals surface area contributed by atoms with E-state index < -0.39 is 15.9 Å². The van der Waals surface area contributed by atoms with Gasteiger partial charge >= 0.3 is 0 Å². The number of halogens is 1. The average molecular weight is 373 g/mol. The lowest BCUT2D eigenvalue weighted by atomic mass is 10.0. The highest BCUT2D eigenvalue weighted by Gasteiger charge is 2.35. The number of hydrogen-bond donors (Lipinski definition) is 1. The smallest absolute Gasteiger partial charge is 0.214 e. The van der Waals surface area contributed by atoms with Crippen molar-refractivity contribution in [2.75, 3.05) is 0 Å². The van der Waals surface area contributed by atoms with E-state index in [2.05, 4.69) is 0 Å². The summed E-state index contributed by atoms with van der Waals surface area (Å²) in [4.78, 5) is 0.0782. The molecule has 4 rings (SSSR count). The summed E-state index contributed by atoms with van der Waals surface area (Å²) < 4.78 is 32.0. The molecular weight excluding hydrogens is 360 g/mol. The Balaban J connectivity index is 1.92. The summed E-state index contributed by atoms with van der Waals surface area (Å²) in [6.07, 6.45) is -1.14. The molecule has 6 heteroatoms. The van der Waals surface area contributed by atoms with Gasteiger partial charge in [0.2, 0.25) is 9.84 Å². The number of hydrogen-bond acceptors (Lipinski definition) is 4. The van der Waals surface area contributed by atoms with Crippen molar-refractivity contribution >= 4 is 21.4 Å². The first-order chi connectivity index (χ1) is 12.0. The third-order valence-corrected chi connectivity index (χ3v) is 6.22. The SMILES string of the molecule is O=S1(=O)c2ccccc2Oc2cccc(C(O)c3cccc(Cl)c3)c21. The van der Waals surface area contributed by atoms with Crippen LogP contribution in [-0.4, -0.2) is 13.5 Å². The fraction of sp³-hybridized carbons (Fsp3) is 0.0526. The molecule has 0 saturated carbocycles. The first-order valence-corrected chi connectivity index (χ1v) is 9.43. The highest BCUT2D eigenvalue weighted by atomic mass is 35.5. The first kappa shape index (κ1) is 16.1. The molecule has 0 aromatic heterocycles. The molecule has 0 spiro atoms. The van der Waals surface area contributed by atoms with Crippen molar-refractivity contribution in [1.82, 2.24) is 0 Å². The molecule has 1 N–H and O–H groups in total. The van der Waals surface area contributed by atoms with E-state index in [9.17, 15) is 13.5 Å². The standard InChI is InChI=1S/C19H13ClO4S/c20-13-6-3-5-12(11-13)18(21)14-7-4-9-16-19(14)25(22,23)17-10-2-1-8-15(17)24-16/h1-11,18,21H. The minimum atomic E-state index is -3.81. The van der Waals surface area contributed by atoms with Gasteiger partial charge in [-0.25, -0.2) is 8.42 Å². The van der Waals surface area contributed by atoms with Gasteiger partial charge in [-0.1, -0.05) is 48.0 Å². The summed E-state index contributed by atoms with van der Waals surface area (Å²) in [6, 6.07) is 18.0. The van der Waals surface area contributed by atoms with Crippen molar-refractivity contribution in [3.05, 3.63) is 82.9 Å². The molecular formula is C19H13ClO4S. The van der Waals surface area contributed by atoms with Gasteiger partial charge in [0, 0.05) is 10.6 Å². The number of ether oxygens (including phenoxy) is 1. The summed E-state index contributed by atoms with van der Waals surface area (Å²) in [5.74, 6) is 0.488. The molecule has 0 fully saturated rings. The Morgan fingerprint density at radius 1 is 0.920 bits per heavy atom. The Hall–Kier alpha value is -2.34. The van der Waals surface area contributed by atoms with E-state index in [1.807, 2.05) is 0 Å². The monoisotopic (exact) mass is 372 g/mol. The van der Waals surface area contributed by atoms with Crippen LogP contribution in [0, 0.1) is 0 Å². The van der Waals surface area contributed by atoms with Crippen molar-refractivity contribution in [3.8, 4) is 11.5 Å². The third kappa shape index (κ3) is 2.61. The van der Waals surface area contributed by atoms with E-state index in [1.165, 1.54) is 6.07 Å². The van der Waals surface area contributed by atoms with Gasteiger partial charge < -0.3 is 9.84 Å². The van der Waals surface area contributed by atoms with E-state index in [0.717, 1.165) is 0 Å². The Morgan fingerprint density at radius 3 is 2.44 bits per heavy atom. The summed E-state index contributed by atoms with van der Waals surface area (Å²) in [7, 11) is -3.81. The quantitative estimate of drug-likeness (QED) is 0.567. The minimum Gasteiger partial charge on any atom is -0.455 e. The van der Waals surface area contributed by atoms with Crippen LogP contribution in [-0.2, 0) is 9.84 Å². The lowest BCUT2D eigenvalue weighted by Gasteiger charge is -2.24. The van der Waals surface area contributed by atoms with Crippen LogP contribution < -0.4 is 4.74 Å². The van der Waals surface area contributed by atoms with Gasteiger partial charge in [0.25, 0.3) is 0 Å². The molecule has 1 unspecified atom stereocenters. The fourth-order valence-corrected chi connectivity index (χ4v) is 4.87. The van der Waals surface area contributed by atoms with Crippen LogP contribution in [0.25, 0.3) is 0 Å². The minimum absolute atomic E-state index is 0.0128. The van der Waals surface area contributed by atoms with Gasteiger partial charge in [-0.3, -0.25) is 0 Å². The third-order valence-electron chi connectivity index (χ3n) is 4.10. The van der Waals surface area contributed by atoms with Crippen molar-refractivity contribution in [1.29, 1.82) is 0 Å². The zero-order valence-corrected chi connectivity index (χ0v) is 14.5. The van der Waals surface area contributed by atoms with E-state index in [-0.39, 0.29) is 26.9 Å². The molecule has 4 nitrogen and oxygen atoms in total. The maximum Gasteiger partial charge on any atom is 0.214 e. The average Bonchev–Trinajstić information content (AvgIpc) is 2.60. The largest absolute Gasteiger partial charge is 0.455 e. The van der Waals surface area contributed by atoms with Crippen LogP contribution >= 0.6 is 11.6 Å². The molecule has 1 atom stereocenters. The van der Waals surface area contributed by atoms with Crippen molar-refractivity contribution in [2.24, 2.45) is 0 Å². The van der Waals surface area contributed by atoms with E-state index >= 15 is 0 Å². The highest BCUT2D eigenvalue weighted by Crippen LogP contribution is 2.45. The molecule has 0 bridgehead atoms. The molecule has 1 aliphatic heterocycles. The Bertz CT molecular complexity index is 1080. The molecule has 25 heavy (non-hydrogen) atoms. The second kappa shape index (κ2) is 5.88. The summed E-state index contributed by atoms with van der Waals surface area (Å²) >= 11 is 5.99. The second-order valence-corrected chi connectivity index (χ2v) is 7.98. The molecule has 0 radical (unpaired) electrons. The normalized spacial score (nSPS) is 15.6. The molecule has 0 aliphatic carbocycles. The van der Waals surface area contributed by atoms with Gasteiger partial charge in [-0.2, -0.15) is 0 Å². The molecule has 0 saturated heterocycles. The number of aliphatic hydroxyl groups excluding tert-OH is 1. The van der Waals surface area contributed by atoms with Crippen LogP contribution in [0.4, 0.5) is 0 Å². The summed E-state index contributed by atoms with van der Waals surface area (Å²) in [5, 5.41) is 11.2. The lowest BCUT2D eigenvalue weighted by Crippen LogP contribution is -2.15. The molecule has 3 aromatic carbocycles. The molecule has 1 aliphatic rings. The zero-order chi connectivity index (χ0) is 17.6. The maximum atomic E-state index is 13.1. The maximum absolute atomic E-state index is 13.1. The molecule has 0 amide bonds. The summed E-state index contributed by atoms with van der Waals surface area (Å²) in [6.45, 7) is 0. The van der Waals surface area contributed by atoms with Crippen LogP contribution in [0.2, 0.25) is 5.02 Å². The van der Waals surface area contributed by atoms with Gasteiger partial charge in [-0.05, 0) is 35.9 Å². The van der Waals surface area contributed by atoms with Gasteiger partial charge in [-0.15, -0.1) is 0 Å². The van der Waals surface area contributed by atoms with E-state index in [0.29, 0.717) is 10.6 Å². The Morgan fingerprint density at radius 2 is 1.64 bits per heavy atom. The number of fused-ring (bicyclic) bond motifs is 2. The van der Waals surface area contributed by atoms with E-state index in [4.69, 9.17) is 16.3 Å². The zero-order valence-electron chi connectivity index (χ0n) is 12.9. The molecule has 1 heterocycles. The van der Waals surface area contributed by atoms with Crippen molar-refractivity contribution in [2.45, 2.75) is 15.9 Å². The van der Waals surface area contributed by atoms with Gasteiger partial charge in [0.15, 0.2) is 0 Å². The first-order valence-electron chi connectivity index (χ1n) is 7.57. The lowest BCUT2D eigenvalue weighted by molar-refractivity contribution is 0.216. The highest BCUT2D eigenvalue weighted by molar-refractivity contribution is 7.91. The number of para-hydroxylation sites is 1. The van der Waals surface area contributed by atoms with Crippen LogP contribution in [0.5, 0.6) is 11.5 Å². The molecule has 3 aromatic rings. The van der Waals surface area contributed by atoms with Crippen LogP contribution in [0.15, 0.2) is 76.5 Å². The van der Waals surface area contributed by atoms with Gasteiger partial charge in [0.05, 0.1) is 0 Å². The summed E-state index contributed by atoms with van der Waals surface area (Å²) in [5.41, 5.74) is 0.768. The van der Waals surface area contributed by atoms with Crippen LogP contribution in [0.1, 0.15) is 17.2 Å². The van der Waals surface area contributed by atoms with Gasteiger partial charge in [0.1, 0.15) is 27.4 Å². The Labute approximate surface area is 150 Å². The topological polar surface area (TPSA) is 63.6 Å². The predicted molar refractivity (Wildman–Crippen MR) is 93.9 cm³/mol. The molecule has 126 valence electrons. The fourth-order valence-electron chi connectivity index (χ4n) is 2.96. The Kier molecular flexibility index (Phi) is 3.80.